The van der Waals surface area contributed by atoms with E-state index in [2.05, 4.69) is 52.3 Å². The van der Waals surface area contributed by atoms with E-state index >= 15 is 0 Å². The summed E-state index contributed by atoms with van der Waals surface area (Å²) in [6, 6.07) is 12.8. The summed E-state index contributed by atoms with van der Waals surface area (Å²) in [6.45, 7) is 1.67. The van der Waals surface area contributed by atoms with E-state index in [1.54, 1.807) is 0 Å². The Kier molecular flexibility index (Phi) is 3.83. The smallest absolute Gasteiger partial charge is 0.126 e. The van der Waals surface area contributed by atoms with Gasteiger partial charge >= 0.3 is 0 Å². The molecule has 1 aliphatic heterocycles. The van der Waals surface area contributed by atoms with Crippen LogP contribution in [0.1, 0.15) is 29.5 Å². The van der Waals surface area contributed by atoms with E-state index in [1.165, 1.54) is 29.5 Å². The monoisotopic (exact) mass is 358 g/mol. The molecule has 2 aromatic rings. The molecule has 1 aliphatic carbocycles. The maximum Gasteiger partial charge on any atom is 0.126 e. The van der Waals surface area contributed by atoms with Gasteiger partial charge in [-0.15, -0.1) is 0 Å². The van der Waals surface area contributed by atoms with Crippen molar-refractivity contribution in [2.45, 2.75) is 25.7 Å². The lowest BCUT2D eigenvalue weighted by Crippen LogP contribution is -1.99. The molecule has 1 heterocycles. The van der Waals surface area contributed by atoms with Gasteiger partial charge in [0.1, 0.15) is 11.5 Å². The van der Waals surface area contributed by atoms with Crippen molar-refractivity contribution in [3.05, 3.63) is 57.6 Å². The fourth-order valence-electron chi connectivity index (χ4n) is 2.90. The fraction of sp³-hybridized carbons (Fsp3) is 0.368. The standard InChI is InChI=1S/C19H19BrO2/c20-17-10-15-7-8-21-19(15)16(11-17)9-13-3-5-18(6-4-13)22-12-14-1-2-14/h3-6,10-11,14H,1-2,7-9,12H2. The Morgan fingerprint density at radius 3 is 2.73 bits per heavy atom. The van der Waals surface area contributed by atoms with Gasteiger partial charge in [0, 0.05) is 17.3 Å². The lowest BCUT2D eigenvalue weighted by atomic mass is 10.0. The molecule has 0 unspecified atom stereocenters. The summed E-state index contributed by atoms with van der Waals surface area (Å²) < 4.78 is 12.7. The van der Waals surface area contributed by atoms with Crippen LogP contribution in [0.2, 0.25) is 0 Å². The van der Waals surface area contributed by atoms with Gasteiger partial charge in [0.05, 0.1) is 13.2 Å². The number of fused-ring (bicyclic) bond motifs is 1. The number of hydrogen-bond acceptors (Lipinski definition) is 2. The summed E-state index contributed by atoms with van der Waals surface area (Å²) in [7, 11) is 0. The highest BCUT2D eigenvalue weighted by Gasteiger charge is 2.22. The Morgan fingerprint density at radius 2 is 1.95 bits per heavy atom. The second-order valence-electron chi connectivity index (χ2n) is 6.23. The van der Waals surface area contributed by atoms with E-state index in [-0.39, 0.29) is 0 Å². The molecule has 0 N–H and O–H groups in total. The molecular weight excluding hydrogens is 340 g/mol. The van der Waals surface area contributed by atoms with Crippen molar-refractivity contribution in [2.75, 3.05) is 13.2 Å². The second kappa shape index (κ2) is 5.96. The van der Waals surface area contributed by atoms with Crippen LogP contribution in [0.4, 0.5) is 0 Å². The molecular formula is C19H19BrO2. The molecule has 2 aliphatic rings. The first-order valence-electron chi connectivity index (χ1n) is 7.94. The van der Waals surface area contributed by atoms with Crippen molar-refractivity contribution in [2.24, 2.45) is 5.92 Å². The maximum absolute atomic E-state index is 5.81. The average Bonchev–Trinajstić information content (AvgIpc) is 3.23. The summed E-state index contributed by atoms with van der Waals surface area (Å²) in [5.41, 5.74) is 3.86. The molecule has 0 bridgehead atoms. The van der Waals surface area contributed by atoms with E-state index < -0.39 is 0 Å². The normalized spacial score (nSPS) is 16.2. The highest BCUT2D eigenvalue weighted by molar-refractivity contribution is 9.10. The predicted octanol–water partition coefficient (Wildman–Crippen LogP) is 4.76. The third kappa shape index (κ3) is 3.14. The van der Waals surface area contributed by atoms with Gasteiger partial charge in [-0.2, -0.15) is 0 Å². The predicted molar refractivity (Wildman–Crippen MR) is 90.8 cm³/mol. The van der Waals surface area contributed by atoms with Crippen LogP contribution in [0.3, 0.4) is 0 Å². The van der Waals surface area contributed by atoms with Crippen LogP contribution in [-0.4, -0.2) is 13.2 Å². The highest BCUT2D eigenvalue weighted by Crippen LogP contribution is 2.34. The number of rotatable bonds is 5. The minimum absolute atomic E-state index is 0.793. The molecule has 0 atom stereocenters. The van der Waals surface area contributed by atoms with Gasteiger partial charge < -0.3 is 9.47 Å². The molecule has 114 valence electrons. The fourth-order valence-corrected chi connectivity index (χ4v) is 3.45. The molecule has 3 heteroatoms. The topological polar surface area (TPSA) is 18.5 Å². The first kappa shape index (κ1) is 14.1. The van der Waals surface area contributed by atoms with Crippen molar-refractivity contribution in [1.82, 2.24) is 0 Å². The van der Waals surface area contributed by atoms with Crippen LogP contribution in [-0.2, 0) is 12.8 Å². The van der Waals surface area contributed by atoms with Gasteiger partial charge in [-0.25, -0.2) is 0 Å². The van der Waals surface area contributed by atoms with Gasteiger partial charge in [0.2, 0.25) is 0 Å². The third-order valence-electron chi connectivity index (χ3n) is 4.33. The Hall–Kier alpha value is -1.48. The van der Waals surface area contributed by atoms with Crippen LogP contribution in [0, 0.1) is 5.92 Å². The second-order valence-corrected chi connectivity index (χ2v) is 7.14. The van der Waals surface area contributed by atoms with Crippen molar-refractivity contribution < 1.29 is 9.47 Å². The third-order valence-corrected chi connectivity index (χ3v) is 4.78. The van der Waals surface area contributed by atoms with Crippen molar-refractivity contribution >= 4 is 15.9 Å². The quantitative estimate of drug-likeness (QED) is 0.766. The molecule has 2 aromatic carbocycles. The first-order chi connectivity index (χ1) is 10.8. The summed E-state index contributed by atoms with van der Waals surface area (Å²) in [5, 5.41) is 0. The molecule has 0 radical (unpaired) electrons. The van der Waals surface area contributed by atoms with Gasteiger partial charge in [-0.05, 0) is 59.7 Å². The van der Waals surface area contributed by atoms with E-state index in [4.69, 9.17) is 9.47 Å². The minimum atomic E-state index is 0.793. The SMILES string of the molecule is Brc1cc2c(c(Cc3ccc(OCC4CC4)cc3)c1)OCC2. The molecule has 22 heavy (non-hydrogen) atoms. The van der Waals surface area contributed by atoms with E-state index in [0.717, 1.165) is 47.9 Å². The molecule has 0 aromatic heterocycles. The number of ether oxygens (including phenoxy) is 2. The zero-order valence-corrected chi connectivity index (χ0v) is 14.1. The van der Waals surface area contributed by atoms with Crippen LogP contribution < -0.4 is 9.47 Å². The van der Waals surface area contributed by atoms with E-state index in [9.17, 15) is 0 Å². The Bertz CT molecular complexity index is 675. The largest absolute Gasteiger partial charge is 0.493 e. The number of hydrogen-bond donors (Lipinski definition) is 0. The van der Waals surface area contributed by atoms with Crippen LogP contribution in [0.15, 0.2) is 40.9 Å². The zero-order valence-electron chi connectivity index (χ0n) is 12.5. The number of benzene rings is 2. The van der Waals surface area contributed by atoms with E-state index in [1.807, 2.05) is 0 Å². The van der Waals surface area contributed by atoms with Crippen LogP contribution in [0.5, 0.6) is 11.5 Å². The lowest BCUT2D eigenvalue weighted by molar-refractivity contribution is 0.299. The molecule has 0 saturated heterocycles. The minimum Gasteiger partial charge on any atom is -0.493 e. The van der Waals surface area contributed by atoms with Gasteiger partial charge in [0.15, 0.2) is 0 Å². The van der Waals surface area contributed by atoms with Crippen molar-refractivity contribution in [3.63, 3.8) is 0 Å². The summed E-state index contributed by atoms with van der Waals surface area (Å²) in [5.74, 6) is 2.85. The maximum atomic E-state index is 5.81. The molecule has 1 saturated carbocycles. The van der Waals surface area contributed by atoms with Gasteiger partial charge in [-0.3, -0.25) is 0 Å². The molecule has 1 fully saturated rings. The van der Waals surface area contributed by atoms with E-state index in [0.29, 0.717) is 0 Å². The summed E-state index contributed by atoms with van der Waals surface area (Å²) in [4.78, 5) is 0. The molecule has 2 nitrogen and oxygen atoms in total. The Morgan fingerprint density at radius 1 is 1.14 bits per heavy atom. The Balaban J connectivity index is 1.48. The average molecular weight is 359 g/mol. The lowest BCUT2D eigenvalue weighted by Gasteiger charge is -2.10. The van der Waals surface area contributed by atoms with Crippen LogP contribution in [0.25, 0.3) is 0 Å². The molecule has 0 spiro atoms. The van der Waals surface area contributed by atoms with Crippen molar-refractivity contribution in [1.29, 1.82) is 0 Å². The van der Waals surface area contributed by atoms with Crippen LogP contribution >= 0.6 is 15.9 Å². The molecule has 0 amide bonds. The van der Waals surface area contributed by atoms with Gasteiger partial charge in [-0.1, -0.05) is 28.1 Å². The molecule has 4 rings (SSSR count). The summed E-state index contributed by atoms with van der Waals surface area (Å²) in [6.07, 6.45) is 4.55. The Labute approximate surface area is 139 Å². The van der Waals surface area contributed by atoms with Crippen molar-refractivity contribution in [3.8, 4) is 11.5 Å². The zero-order chi connectivity index (χ0) is 14.9. The highest BCUT2D eigenvalue weighted by atomic mass is 79.9. The van der Waals surface area contributed by atoms with Gasteiger partial charge in [0.25, 0.3) is 0 Å². The first-order valence-corrected chi connectivity index (χ1v) is 8.73. The summed E-state index contributed by atoms with van der Waals surface area (Å²) >= 11 is 3.61. The number of halogens is 1.